The van der Waals surface area contributed by atoms with Gasteiger partial charge in [-0.25, -0.2) is 4.79 Å². The Kier molecular flexibility index (Phi) is 5.82. The third-order valence-electron chi connectivity index (χ3n) is 4.02. The molecule has 1 aromatic heterocycles. The van der Waals surface area contributed by atoms with Crippen LogP contribution in [-0.4, -0.2) is 22.0 Å². The van der Waals surface area contributed by atoms with Gasteiger partial charge in [0.1, 0.15) is 0 Å². The topological polar surface area (TPSA) is 76.5 Å². The van der Waals surface area contributed by atoms with Crippen LogP contribution in [0.15, 0.2) is 55.6 Å². The first-order valence-electron chi connectivity index (χ1n) is 8.34. The normalized spacial score (nSPS) is 12.6. The fourth-order valence-corrected chi connectivity index (χ4v) is 3.39. The Morgan fingerprint density at radius 2 is 2.07 bits per heavy atom. The molecule has 0 saturated heterocycles. The molecule has 3 rings (SSSR count). The largest absolute Gasteiger partial charge is 0.488 e. The van der Waals surface area contributed by atoms with Crippen molar-refractivity contribution in [1.82, 2.24) is 9.66 Å². The molecule has 0 fully saturated rings. The highest BCUT2D eigenvalue weighted by Gasteiger charge is 2.12. The smallest absolute Gasteiger partial charge is 0.349 e. The van der Waals surface area contributed by atoms with Crippen LogP contribution in [0.4, 0.5) is 0 Å². The van der Waals surface area contributed by atoms with E-state index in [1.165, 1.54) is 6.21 Å². The van der Waals surface area contributed by atoms with Gasteiger partial charge in [-0.15, -0.1) is 4.68 Å². The summed E-state index contributed by atoms with van der Waals surface area (Å²) in [6.45, 7) is 3.98. The van der Waals surface area contributed by atoms with Crippen LogP contribution in [-0.2, 0) is 0 Å². The molecule has 0 unspecified atom stereocenters. The second-order valence-electron chi connectivity index (χ2n) is 5.99. The van der Waals surface area contributed by atoms with Crippen molar-refractivity contribution in [3.05, 3.63) is 72.3 Å². The third-order valence-corrected chi connectivity index (χ3v) is 4.89. The zero-order valence-electron chi connectivity index (χ0n) is 14.7. The lowest BCUT2D eigenvalue weighted by Gasteiger charge is -2.15. The third kappa shape index (κ3) is 4.14. The van der Waals surface area contributed by atoms with Crippen LogP contribution in [0.3, 0.4) is 0 Å². The van der Waals surface area contributed by atoms with Crippen LogP contribution >= 0.6 is 27.5 Å². The standard InChI is InChI=1S/C19H17BrClN3O3/c1-3-11(2)27-17-14(20)8-12(9-15(17)21)10-22-24-18(25)13-6-4-5-7-16(13)23-19(24)26/h4-11H,3H2,1-2H3,(H,23,26)/t11-/m0/s1. The summed E-state index contributed by atoms with van der Waals surface area (Å²) in [7, 11) is 0. The van der Waals surface area contributed by atoms with Crippen LogP contribution in [0.5, 0.6) is 5.75 Å². The molecule has 0 amide bonds. The van der Waals surface area contributed by atoms with Gasteiger partial charge in [0.05, 0.1) is 32.7 Å². The maximum absolute atomic E-state index is 12.5. The maximum atomic E-state index is 12.5. The van der Waals surface area contributed by atoms with Gasteiger partial charge in [0, 0.05) is 0 Å². The highest BCUT2D eigenvalue weighted by molar-refractivity contribution is 9.10. The van der Waals surface area contributed by atoms with Crippen LogP contribution in [0.1, 0.15) is 25.8 Å². The van der Waals surface area contributed by atoms with E-state index >= 15 is 0 Å². The molecular formula is C19H17BrClN3O3. The van der Waals surface area contributed by atoms with Gasteiger partial charge in [0.25, 0.3) is 5.56 Å². The summed E-state index contributed by atoms with van der Waals surface area (Å²) in [5, 5.41) is 4.82. The van der Waals surface area contributed by atoms with Crippen LogP contribution in [0, 0.1) is 0 Å². The molecule has 0 spiro atoms. The molecule has 1 heterocycles. The number of nitrogens with one attached hydrogen (secondary N) is 1. The zero-order valence-corrected chi connectivity index (χ0v) is 17.0. The molecule has 0 aliphatic rings. The minimum absolute atomic E-state index is 0.0213. The van der Waals surface area contributed by atoms with Crippen LogP contribution in [0.25, 0.3) is 10.9 Å². The number of rotatable bonds is 5. The van der Waals surface area contributed by atoms with Crippen molar-refractivity contribution in [2.75, 3.05) is 0 Å². The summed E-state index contributed by atoms with van der Waals surface area (Å²) >= 11 is 9.74. The van der Waals surface area contributed by atoms with E-state index in [4.69, 9.17) is 16.3 Å². The van der Waals surface area contributed by atoms with Gasteiger partial charge in [-0.1, -0.05) is 30.7 Å². The van der Waals surface area contributed by atoms with Crippen molar-refractivity contribution in [2.45, 2.75) is 26.4 Å². The SMILES string of the molecule is CC[C@H](C)Oc1c(Cl)cc(C=Nn2c(=O)[nH]c3ccccc3c2=O)cc1Br. The molecular weight excluding hydrogens is 434 g/mol. The van der Waals surface area contributed by atoms with Crippen LogP contribution < -0.4 is 16.0 Å². The number of nitrogens with zero attached hydrogens (tertiary/aromatic N) is 2. The Morgan fingerprint density at radius 1 is 1.33 bits per heavy atom. The lowest BCUT2D eigenvalue weighted by molar-refractivity contribution is 0.216. The molecule has 27 heavy (non-hydrogen) atoms. The summed E-state index contributed by atoms with van der Waals surface area (Å²) < 4.78 is 7.24. The van der Waals surface area contributed by atoms with Gasteiger partial charge in [0.15, 0.2) is 5.75 Å². The van der Waals surface area contributed by atoms with E-state index in [0.717, 1.165) is 11.1 Å². The molecule has 6 nitrogen and oxygen atoms in total. The Labute approximate surface area is 168 Å². The summed E-state index contributed by atoms with van der Waals surface area (Å²) in [6, 6.07) is 10.2. The van der Waals surface area contributed by atoms with Crippen molar-refractivity contribution in [2.24, 2.45) is 5.10 Å². The predicted octanol–water partition coefficient (Wildman–Crippen LogP) is 4.17. The number of ether oxygens (including phenoxy) is 1. The predicted molar refractivity (Wildman–Crippen MR) is 111 cm³/mol. The first-order valence-corrected chi connectivity index (χ1v) is 9.52. The van der Waals surface area contributed by atoms with E-state index in [1.54, 1.807) is 36.4 Å². The van der Waals surface area contributed by atoms with Crippen molar-refractivity contribution in [1.29, 1.82) is 0 Å². The Morgan fingerprint density at radius 3 is 2.78 bits per heavy atom. The van der Waals surface area contributed by atoms with Gasteiger partial charge < -0.3 is 9.72 Å². The van der Waals surface area contributed by atoms with Gasteiger partial charge in [-0.2, -0.15) is 5.10 Å². The fourth-order valence-electron chi connectivity index (χ4n) is 2.43. The first-order chi connectivity index (χ1) is 12.9. The summed E-state index contributed by atoms with van der Waals surface area (Å²) in [5.74, 6) is 0.545. The molecule has 0 radical (unpaired) electrons. The molecule has 0 aliphatic carbocycles. The number of para-hydroxylation sites is 1. The van der Waals surface area contributed by atoms with Crippen LogP contribution in [0.2, 0.25) is 5.02 Å². The van der Waals surface area contributed by atoms with Crippen molar-refractivity contribution in [3.8, 4) is 5.75 Å². The minimum atomic E-state index is -0.614. The summed E-state index contributed by atoms with van der Waals surface area (Å²) in [6.07, 6.45) is 2.27. The molecule has 3 aromatic rings. The molecule has 1 atom stereocenters. The van der Waals surface area contributed by atoms with Gasteiger partial charge in [-0.3, -0.25) is 4.79 Å². The van der Waals surface area contributed by atoms with Gasteiger partial charge >= 0.3 is 5.69 Å². The zero-order chi connectivity index (χ0) is 19.6. The summed E-state index contributed by atoms with van der Waals surface area (Å²) in [5.41, 5.74) is -0.0246. The highest BCUT2D eigenvalue weighted by atomic mass is 79.9. The second-order valence-corrected chi connectivity index (χ2v) is 7.25. The maximum Gasteiger partial charge on any atom is 0.349 e. The van der Waals surface area contributed by atoms with E-state index < -0.39 is 11.2 Å². The molecule has 2 aromatic carbocycles. The Balaban J connectivity index is 1.99. The number of H-pyrrole nitrogens is 1. The van der Waals surface area contributed by atoms with E-state index in [2.05, 4.69) is 26.0 Å². The van der Waals surface area contributed by atoms with Crippen molar-refractivity contribution in [3.63, 3.8) is 0 Å². The van der Waals surface area contributed by atoms with E-state index in [1.807, 2.05) is 13.8 Å². The van der Waals surface area contributed by atoms with E-state index in [-0.39, 0.29) is 6.10 Å². The summed E-state index contributed by atoms with van der Waals surface area (Å²) in [4.78, 5) is 27.3. The molecule has 0 bridgehead atoms. The van der Waals surface area contributed by atoms with Crippen molar-refractivity contribution < 1.29 is 4.74 Å². The van der Waals surface area contributed by atoms with Gasteiger partial charge in [0.2, 0.25) is 0 Å². The Hall–Kier alpha value is -2.38. The number of benzene rings is 2. The second kappa shape index (κ2) is 8.10. The number of aromatic nitrogens is 2. The fraction of sp³-hybridized carbons (Fsp3) is 0.211. The number of aromatic amines is 1. The lowest BCUT2D eigenvalue weighted by Crippen LogP contribution is -2.32. The van der Waals surface area contributed by atoms with E-state index in [0.29, 0.717) is 31.7 Å². The molecule has 0 aliphatic heterocycles. The molecule has 1 N–H and O–H groups in total. The van der Waals surface area contributed by atoms with E-state index in [9.17, 15) is 9.59 Å². The average molecular weight is 451 g/mol. The number of hydrogen-bond acceptors (Lipinski definition) is 4. The lowest BCUT2D eigenvalue weighted by atomic mass is 10.2. The quantitative estimate of drug-likeness (QED) is 0.593. The number of hydrogen-bond donors (Lipinski definition) is 1. The average Bonchev–Trinajstić information content (AvgIpc) is 2.64. The molecule has 0 saturated carbocycles. The highest BCUT2D eigenvalue weighted by Crippen LogP contribution is 2.35. The monoisotopic (exact) mass is 449 g/mol. The Bertz CT molecular complexity index is 1110. The molecule has 140 valence electrons. The molecule has 8 heteroatoms. The number of halogens is 2. The van der Waals surface area contributed by atoms with Crippen molar-refractivity contribution >= 4 is 44.6 Å². The number of fused-ring (bicyclic) bond motifs is 1. The minimum Gasteiger partial charge on any atom is -0.488 e. The first kappa shape index (κ1) is 19.4. The van der Waals surface area contributed by atoms with Gasteiger partial charge in [-0.05, 0) is 59.1 Å².